The zero-order chi connectivity index (χ0) is 22.9. The molecule has 1 fully saturated rings. The number of thioether (sulfide) groups is 1. The lowest BCUT2D eigenvalue weighted by atomic mass is 10.1. The molecule has 4 N–H and O–H groups in total. The first kappa shape index (κ1) is 24.6. The summed E-state index contributed by atoms with van der Waals surface area (Å²) >= 11 is 1.62. The highest BCUT2D eigenvalue weighted by Gasteiger charge is 2.17. The Morgan fingerprint density at radius 2 is 1.62 bits per heavy atom. The summed E-state index contributed by atoms with van der Waals surface area (Å²) in [6, 6.07) is 7.84. The number of nitrogens with two attached hydrogens (primary N) is 2. The third-order valence-electron chi connectivity index (χ3n) is 5.79. The molecule has 9 heteroatoms. The fourth-order valence-electron chi connectivity index (χ4n) is 3.90. The molecule has 1 aromatic carbocycles. The van der Waals surface area contributed by atoms with Gasteiger partial charge in [-0.3, -0.25) is 4.90 Å². The lowest BCUT2D eigenvalue weighted by molar-refractivity contribution is 0.134. The van der Waals surface area contributed by atoms with Gasteiger partial charge in [0.05, 0.1) is 7.11 Å². The van der Waals surface area contributed by atoms with Crippen molar-refractivity contribution in [3.63, 3.8) is 0 Å². The molecule has 2 heterocycles. The van der Waals surface area contributed by atoms with E-state index in [1.54, 1.807) is 18.9 Å². The third kappa shape index (κ3) is 7.23. The van der Waals surface area contributed by atoms with Crippen LogP contribution in [-0.2, 0) is 6.42 Å². The van der Waals surface area contributed by atoms with Crippen LogP contribution in [0.3, 0.4) is 0 Å². The standard InChI is InChI=1S/C23H37N7OS/c1-28(2)9-6-10-29-11-13-30(14-12-29)15-16-32-23-26-21(24)19(22(25)27-23)17-18-7-4-5-8-20(18)31-3/h4-5,7-8H,6,9-17H2,1-3H3,(H4,24,25,26,27). The molecule has 0 saturated carbocycles. The van der Waals surface area contributed by atoms with Crippen LogP contribution in [0.5, 0.6) is 5.75 Å². The number of methoxy groups -OCH3 is 1. The van der Waals surface area contributed by atoms with E-state index < -0.39 is 0 Å². The van der Waals surface area contributed by atoms with E-state index >= 15 is 0 Å². The van der Waals surface area contributed by atoms with Crippen LogP contribution in [0.15, 0.2) is 29.4 Å². The predicted molar refractivity (Wildman–Crippen MR) is 133 cm³/mol. The summed E-state index contributed by atoms with van der Waals surface area (Å²) in [7, 11) is 5.93. The maximum Gasteiger partial charge on any atom is 0.191 e. The first-order valence-corrected chi connectivity index (χ1v) is 12.2. The van der Waals surface area contributed by atoms with E-state index in [2.05, 4.69) is 38.8 Å². The molecule has 2 aromatic rings. The molecule has 1 aliphatic heterocycles. The van der Waals surface area contributed by atoms with Gasteiger partial charge >= 0.3 is 0 Å². The lowest BCUT2D eigenvalue weighted by Gasteiger charge is -2.34. The lowest BCUT2D eigenvalue weighted by Crippen LogP contribution is -2.47. The van der Waals surface area contributed by atoms with Gasteiger partial charge in [-0.15, -0.1) is 0 Å². The predicted octanol–water partition coefficient (Wildman–Crippen LogP) is 1.90. The maximum atomic E-state index is 6.25. The number of benzene rings is 1. The molecule has 176 valence electrons. The minimum atomic E-state index is 0.442. The minimum absolute atomic E-state index is 0.442. The van der Waals surface area contributed by atoms with Crippen molar-refractivity contribution in [2.45, 2.75) is 18.0 Å². The largest absolute Gasteiger partial charge is 0.496 e. The van der Waals surface area contributed by atoms with Crippen LogP contribution in [0.2, 0.25) is 0 Å². The molecule has 1 aromatic heterocycles. The van der Waals surface area contributed by atoms with Gasteiger partial charge < -0.3 is 26.0 Å². The fourth-order valence-corrected chi connectivity index (χ4v) is 4.75. The number of nitrogens with zero attached hydrogens (tertiary/aromatic N) is 5. The second-order valence-corrected chi connectivity index (χ2v) is 9.49. The molecule has 0 bridgehead atoms. The van der Waals surface area contributed by atoms with Crippen LogP contribution in [0.25, 0.3) is 0 Å². The van der Waals surface area contributed by atoms with E-state index in [-0.39, 0.29) is 0 Å². The molecular formula is C23H37N7OS. The Kier molecular flexibility index (Phi) is 9.40. The molecule has 32 heavy (non-hydrogen) atoms. The van der Waals surface area contributed by atoms with Crippen molar-refractivity contribution in [1.29, 1.82) is 0 Å². The zero-order valence-electron chi connectivity index (χ0n) is 19.6. The highest BCUT2D eigenvalue weighted by Crippen LogP contribution is 2.27. The summed E-state index contributed by atoms with van der Waals surface area (Å²) in [5.74, 6) is 2.61. The second kappa shape index (κ2) is 12.2. The zero-order valence-corrected chi connectivity index (χ0v) is 20.4. The maximum absolute atomic E-state index is 6.25. The molecule has 0 spiro atoms. The number of aromatic nitrogens is 2. The average molecular weight is 460 g/mol. The summed E-state index contributed by atoms with van der Waals surface area (Å²) in [4.78, 5) is 16.3. The summed E-state index contributed by atoms with van der Waals surface area (Å²) in [6.07, 6.45) is 1.78. The molecule has 8 nitrogen and oxygen atoms in total. The molecule has 0 amide bonds. The van der Waals surface area contributed by atoms with E-state index in [0.29, 0.717) is 23.2 Å². The smallest absolute Gasteiger partial charge is 0.191 e. The number of hydrogen-bond donors (Lipinski definition) is 2. The second-order valence-electron chi connectivity index (χ2n) is 8.43. The van der Waals surface area contributed by atoms with E-state index in [9.17, 15) is 0 Å². The Bertz CT molecular complexity index is 833. The van der Waals surface area contributed by atoms with Crippen molar-refractivity contribution in [3.05, 3.63) is 35.4 Å². The topological polar surface area (TPSA) is 96.8 Å². The number of rotatable bonds is 11. The third-order valence-corrected chi connectivity index (χ3v) is 6.62. The van der Waals surface area contributed by atoms with Crippen LogP contribution in [0.4, 0.5) is 11.6 Å². The van der Waals surface area contributed by atoms with Gasteiger partial charge in [0.25, 0.3) is 0 Å². The van der Waals surface area contributed by atoms with Crippen molar-refractivity contribution in [1.82, 2.24) is 24.7 Å². The Labute approximate surface area is 196 Å². The Morgan fingerprint density at radius 3 is 2.25 bits per heavy atom. The number of hydrogen-bond acceptors (Lipinski definition) is 9. The Morgan fingerprint density at radius 1 is 1.00 bits per heavy atom. The van der Waals surface area contributed by atoms with Gasteiger partial charge in [-0.2, -0.15) is 0 Å². The van der Waals surface area contributed by atoms with Gasteiger partial charge in [0.2, 0.25) is 0 Å². The van der Waals surface area contributed by atoms with Gasteiger partial charge in [0.1, 0.15) is 17.4 Å². The molecule has 3 rings (SSSR count). The minimum Gasteiger partial charge on any atom is -0.496 e. The Hall–Kier alpha value is -2.07. The van der Waals surface area contributed by atoms with Crippen molar-refractivity contribution >= 4 is 23.4 Å². The highest BCUT2D eigenvalue weighted by atomic mass is 32.2. The molecule has 1 saturated heterocycles. The van der Waals surface area contributed by atoms with E-state index in [0.717, 1.165) is 61.9 Å². The van der Waals surface area contributed by atoms with Gasteiger partial charge in [0.15, 0.2) is 5.16 Å². The molecular weight excluding hydrogens is 422 g/mol. The van der Waals surface area contributed by atoms with Crippen molar-refractivity contribution in [3.8, 4) is 5.75 Å². The highest BCUT2D eigenvalue weighted by molar-refractivity contribution is 7.99. The van der Waals surface area contributed by atoms with Crippen LogP contribution in [0.1, 0.15) is 17.5 Å². The number of piperazine rings is 1. The monoisotopic (exact) mass is 459 g/mol. The molecule has 1 aliphatic rings. The van der Waals surface area contributed by atoms with Gasteiger partial charge in [-0.05, 0) is 45.2 Å². The van der Waals surface area contributed by atoms with Crippen LogP contribution in [-0.4, -0.2) is 97.4 Å². The van der Waals surface area contributed by atoms with Crippen LogP contribution >= 0.6 is 11.8 Å². The Balaban J connectivity index is 1.45. The molecule has 0 atom stereocenters. The van der Waals surface area contributed by atoms with Crippen LogP contribution in [0, 0.1) is 0 Å². The first-order valence-electron chi connectivity index (χ1n) is 11.2. The van der Waals surface area contributed by atoms with Gasteiger partial charge in [-0.25, -0.2) is 9.97 Å². The normalized spacial score (nSPS) is 15.4. The van der Waals surface area contributed by atoms with Gasteiger partial charge in [-0.1, -0.05) is 30.0 Å². The van der Waals surface area contributed by atoms with Gasteiger partial charge in [0, 0.05) is 50.5 Å². The summed E-state index contributed by atoms with van der Waals surface area (Å²) in [5.41, 5.74) is 14.3. The van der Waals surface area contributed by atoms with E-state index in [1.807, 2.05) is 24.3 Å². The van der Waals surface area contributed by atoms with Crippen molar-refractivity contribution in [2.24, 2.45) is 0 Å². The quantitative estimate of drug-likeness (QED) is 0.386. The van der Waals surface area contributed by atoms with Crippen molar-refractivity contribution in [2.75, 3.05) is 84.2 Å². The SMILES string of the molecule is COc1ccccc1Cc1c(N)nc(SCCN2CCN(CCCN(C)C)CC2)nc1N. The average Bonchev–Trinajstić information content (AvgIpc) is 2.77. The molecule has 0 aliphatic carbocycles. The summed E-state index contributed by atoms with van der Waals surface area (Å²) in [6.45, 7) is 7.88. The number of ether oxygens (including phenoxy) is 1. The molecule has 0 unspecified atom stereocenters. The number of nitrogen functional groups attached to an aromatic ring is 2. The summed E-state index contributed by atoms with van der Waals surface area (Å²) < 4.78 is 5.43. The number of anilines is 2. The van der Waals surface area contributed by atoms with Crippen LogP contribution < -0.4 is 16.2 Å². The first-order chi connectivity index (χ1) is 15.5. The van der Waals surface area contributed by atoms with Crippen molar-refractivity contribution < 1.29 is 4.74 Å². The molecule has 0 radical (unpaired) electrons. The number of para-hydroxylation sites is 1. The van der Waals surface area contributed by atoms with E-state index in [4.69, 9.17) is 16.2 Å². The summed E-state index contributed by atoms with van der Waals surface area (Å²) in [5, 5.41) is 0.645. The van der Waals surface area contributed by atoms with E-state index in [1.165, 1.54) is 13.0 Å². The fraction of sp³-hybridized carbons (Fsp3) is 0.565.